The first-order valence-electron chi connectivity index (χ1n) is 6.14. The van der Waals surface area contributed by atoms with Gasteiger partial charge >= 0.3 is 5.97 Å². The molecule has 2 heterocycles. The van der Waals surface area contributed by atoms with Crippen molar-refractivity contribution < 1.29 is 9.53 Å². The number of halogens is 2. The SMILES string of the molecule is CC(C)(C)OC(=O)c1ccnc(-c2nc(Cl)cc(Cl)n2)c1. The lowest BCUT2D eigenvalue weighted by Crippen LogP contribution is -2.23. The maximum Gasteiger partial charge on any atom is 0.338 e. The van der Waals surface area contributed by atoms with Crippen LogP contribution in [0.25, 0.3) is 11.5 Å². The molecule has 0 unspecified atom stereocenters. The Kier molecular flexibility index (Phi) is 4.44. The quantitative estimate of drug-likeness (QED) is 0.620. The Hall–Kier alpha value is -1.72. The normalized spacial score (nSPS) is 11.3. The predicted molar refractivity (Wildman–Crippen MR) is 80.5 cm³/mol. The molecule has 0 aliphatic rings. The summed E-state index contributed by atoms with van der Waals surface area (Å²) < 4.78 is 5.30. The van der Waals surface area contributed by atoms with Gasteiger partial charge in [-0.2, -0.15) is 0 Å². The molecule has 0 N–H and O–H groups in total. The van der Waals surface area contributed by atoms with Crippen molar-refractivity contribution in [3.63, 3.8) is 0 Å². The summed E-state index contributed by atoms with van der Waals surface area (Å²) in [7, 11) is 0. The summed E-state index contributed by atoms with van der Waals surface area (Å²) in [6.45, 7) is 5.40. The first-order valence-corrected chi connectivity index (χ1v) is 6.90. The van der Waals surface area contributed by atoms with E-state index >= 15 is 0 Å². The number of carbonyl (C=O) groups is 1. The minimum Gasteiger partial charge on any atom is -0.456 e. The van der Waals surface area contributed by atoms with Crippen molar-refractivity contribution in [2.75, 3.05) is 0 Å². The highest BCUT2D eigenvalue weighted by Gasteiger charge is 2.19. The van der Waals surface area contributed by atoms with Gasteiger partial charge in [-0.15, -0.1) is 0 Å². The van der Waals surface area contributed by atoms with Crippen LogP contribution in [-0.4, -0.2) is 26.5 Å². The van der Waals surface area contributed by atoms with Gasteiger partial charge in [-0.05, 0) is 32.9 Å². The first-order chi connectivity index (χ1) is 9.74. The predicted octanol–water partition coefficient (Wildman–Crippen LogP) is 3.80. The second-order valence-electron chi connectivity index (χ2n) is 5.27. The Morgan fingerprint density at radius 1 is 1.14 bits per heavy atom. The van der Waals surface area contributed by atoms with Crippen molar-refractivity contribution in [1.82, 2.24) is 15.0 Å². The van der Waals surface area contributed by atoms with Crippen LogP contribution in [0.3, 0.4) is 0 Å². The van der Waals surface area contributed by atoms with Gasteiger partial charge in [0.1, 0.15) is 21.6 Å². The van der Waals surface area contributed by atoms with E-state index < -0.39 is 11.6 Å². The number of carbonyl (C=O) groups excluding carboxylic acids is 1. The van der Waals surface area contributed by atoms with Crippen LogP contribution in [0.4, 0.5) is 0 Å². The van der Waals surface area contributed by atoms with Gasteiger partial charge in [0.25, 0.3) is 0 Å². The number of rotatable bonds is 2. The highest BCUT2D eigenvalue weighted by molar-refractivity contribution is 6.33. The Morgan fingerprint density at radius 2 is 1.76 bits per heavy atom. The summed E-state index contributed by atoms with van der Waals surface area (Å²) in [6.07, 6.45) is 1.48. The molecule has 2 aromatic rings. The number of nitrogens with zero attached hydrogens (tertiary/aromatic N) is 3. The molecule has 2 rings (SSSR count). The minimum absolute atomic E-state index is 0.203. The van der Waals surface area contributed by atoms with Gasteiger partial charge < -0.3 is 4.74 Å². The van der Waals surface area contributed by atoms with E-state index in [1.165, 1.54) is 18.3 Å². The molecule has 21 heavy (non-hydrogen) atoms. The molecule has 0 aromatic carbocycles. The summed E-state index contributed by atoms with van der Waals surface area (Å²) in [6, 6.07) is 4.52. The van der Waals surface area contributed by atoms with E-state index in [-0.39, 0.29) is 16.1 Å². The Balaban J connectivity index is 2.35. The fourth-order valence-electron chi connectivity index (χ4n) is 1.52. The Bertz CT molecular complexity index is 664. The van der Waals surface area contributed by atoms with E-state index in [9.17, 15) is 4.79 Å². The maximum absolute atomic E-state index is 12.0. The van der Waals surface area contributed by atoms with Crippen molar-refractivity contribution in [2.45, 2.75) is 26.4 Å². The third kappa shape index (κ3) is 4.37. The molecule has 0 atom stereocenters. The highest BCUT2D eigenvalue weighted by atomic mass is 35.5. The topological polar surface area (TPSA) is 65.0 Å². The third-order valence-electron chi connectivity index (χ3n) is 2.29. The Morgan fingerprint density at radius 3 is 2.33 bits per heavy atom. The molecule has 0 amide bonds. The molecule has 0 spiro atoms. The molecule has 0 aliphatic heterocycles. The lowest BCUT2D eigenvalue weighted by Gasteiger charge is -2.19. The summed E-state index contributed by atoms with van der Waals surface area (Å²) in [5.74, 6) is -0.197. The van der Waals surface area contributed by atoms with Gasteiger partial charge in [0, 0.05) is 12.3 Å². The van der Waals surface area contributed by atoms with Crippen molar-refractivity contribution >= 4 is 29.2 Å². The molecule has 0 bridgehead atoms. The fourth-order valence-corrected chi connectivity index (χ4v) is 1.94. The van der Waals surface area contributed by atoms with Crippen LogP contribution in [-0.2, 0) is 4.74 Å². The monoisotopic (exact) mass is 325 g/mol. The molecule has 7 heteroatoms. The van der Waals surface area contributed by atoms with E-state index in [4.69, 9.17) is 27.9 Å². The van der Waals surface area contributed by atoms with E-state index in [1.54, 1.807) is 26.8 Å². The fraction of sp³-hybridized carbons (Fsp3) is 0.286. The van der Waals surface area contributed by atoms with Crippen molar-refractivity contribution in [2.24, 2.45) is 0 Å². The zero-order valence-corrected chi connectivity index (χ0v) is 13.2. The number of aromatic nitrogens is 3. The average molecular weight is 326 g/mol. The summed E-state index contributed by atoms with van der Waals surface area (Å²) in [4.78, 5) is 24.2. The second kappa shape index (κ2) is 5.95. The second-order valence-corrected chi connectivity index (χ2v) is 6.04. The van der Waals surface area contributed by atoms with Crippen LogP contribution in [0.5, 0.6) is 0 Å². The van der Waals surface area contributed by atoms with Crippen LogP contribution in [0.15, 0.2) is 24.4 Å². The summed E-state index contributed by atoms with van der Waals surface area (Å²) in [5, 5.41) is 0.406. The van der Waals surface area contributed by atoms with Crippen LogP contribution >= 0.6 is 23.2 Å². The molecule has 0 saturated carbocycles. The molecule has 0 radical (unpaired) electrons. The summed E-state index contributed by atoms with van der Waals surface area (Å²) in [5.41, 5.74) is 0.175. The molecule has 0 aliphatic carbocycles. The van der Waals surface area contributed by atoms with Gasteiger partial charge in [0.2, 0.25) is 0 Å². The molecule has 2 aromatic heterocycles. The lowest BCUT2D eigenvalue weighted by atomic mass is 10.1. The summed E-state index contributed by atoms with van der Waals surface area (Å²) >= 11 is 11.7. The van der Waals surface area contributed by atoms with Crippen molar-refractivity contribution in [3.8, 4) is 11.5 Å². The molecular formula is C14H13Cl2N3O2. The number of pyridine rings is 1. The first kappa shape index (κ1) is 15.7. The lowest BCUT2D eigenvalue weighted by molar-refractivity contribution is 0.00695. The van der Waals surface area contributed by atoms with Crippen LogP contribution in [0.1, 0.15) is 31.1 Å². The van der Waals surface area contributed by atoms with Crippen molar-refractivity contribution in [3.05, 3.63) is 40.3 Å². The Labute approximate surface area is 132 Å². The standard InChI is InChI=1S/C14H13Cl2N3O2/c1-14(2,3)21-13(20)8-4-5-17-9(6-8)12-18-10(15)7-11(16)19-12/h4-7H,1-3H3. The number of ether oxygens (including phenoxy) is 1. The van der Waals surface area contributed by atoms with Gasteiger partial charge in [-0.1, -0.05) is 23.2 Å². The zero-order chi connectivity index (χ0) is 15.6. The van der Waals surface area contributed by atoms with E-state index in [0.29, 0.717) is 11.3 Å². The van der Waals surface area contributed by atoms with Crippen LogP contribution in [0.2, 0.25) is 10.3 Å². The molecular weight excluding hydrogens is 313 g/mol. The zero-order valence-electron chi connectivity index (χ0n) is 11.7. The van der Waals surface area contributed by atoms with Crippen molar-refractivity contribution in [1.29, 1.82) is 0 Å². The van der Waals surface area contributed by atoms with Gasteiger partial charge in [-0.25, -0.2) is 14.8 Å². The van der Waals surface area contributed by atoms with Gasteiger partial charge in [0.15, 0.2) is 5.82 Å². The van der Waals surface area contributed by atoms with E-state index in [2.05, 4.69) is 15.0 Å². The van der Waals surface area contributed by atoms with E-state index in [1.807, 2.05) is 0 Å². The molecule has 110 valence electrons. The van der Waals surface area contributed by atoms with Crippen LogP contribution in [0, 0.1) is 0 Å². The maximum atomic E-state index is 12.0. The third-order valence-corrected chi connectivity index (χ3v) is 2.67. The molecule has 0 saturated heterocycles. The molecule has 5 nitrogen and oxygen atoms in total. The largest absolute Gasteiger partial charge is 0.456 e. The van der Waals surface area contributed by atoms with Crippen LogP contribution < -0.4 is 0 Å². The average Bonchev–Trinajstić information content (AvgIpc) is 2.36. The number of esters is 1. The number of hydrogen-bond acceptors (Lipinski definition) is 5. The highest BCUT2D eigenvalue weighted by Crippen LogP contribution is 2.20. The van der Waals surface area contributed by atoms with Gasteiger partial charge in [0.05, 0.1) is 5.56 Å². The number of hydrogen-bond donors (Lipinski definition) is 0. The smallest absolute Gasteiger partial charge is 0.338 e. The van der Waals surface area contributed by atoms with Gasteiger partial charge in [-0.3, -0.25) is 4.98 Å². The molecule has 0 fully saturated rings. The van der Waals surface area contributed by atoms with E-state index in [0.717, 1.165) is 0 Å². The minimum atomic E-state index is -0.573.